The number of benzene rings is 2. The Kier molecular flexibility index (Phi) is 4.74. The summed E-state index contributed by atoms with van der Waals surface area (Å²) < 4.78 is 18.2. The lowest BCUT2D eigenvalue weighted by atomic mass is 10.2. The summed E-state index contributed by atoms with van der Waals surface area (Å²) in [5.74, 6) is 0.402. The average Bonchev–Trinajstić information content (AvgIpc) is 3.05. The van der Waals surface area contributed by atoms with Crippen LogP contribution >= 0.6 is 0 Å². The summed E-state index contributed by atoms with van der Waals surface area (Å²) in [5.41, 5.74) is 2.04. The summed E-state index contributed by atoms with van der Waals surface area (Å²) in [7, 11) is 0. The highest BCUT2D eigenvalue weighted by Crippen LogP contribution is 2.23. The van der Waals surface area contributed by atoms with Gasteiger partial charge in [0.2, 0.25) is 5.82 Å². The zero-order chi connectivity index (χ0) is 17.8. The van der Waals surface area contributed by atoms with Crippen molar-refractivity contribution in [2.24, 2.45) is 0 Å². The van der Waals surface area contributed by atoms with Crippen LogP contribution in [-0.4, -0.2) is 22.2 Å². The van der Waals surface area contributed by atoms with Gasteiger partial charge in [-0.3, -0.25) is 0 Å². The first-order chi connectivity index (χ1) is 12.0. The normalized spacial score (nSPS) is 10.7. The van der Waals surface area contributed by atoms with Crippen molar-refractivity contribution in [2.45, 2.75) is 19.9 Å². The lowest BCUT2D eigenvalue weighted by Gasteiger charge is -2.10. The summed E-state index contributed by atoms with van der Waals surface area (Å²) in [5, 5.41) is 9.42. The molecule has 3 aromatic rings. The molecule has 6 nitrogen and oxygen atoms in total. The van der Waals surface area contributed by atoms with Gasteiger partial charge < -0.3 is 15.2 Å². The van der Waals surface area contributed by atoms with Crippen molar-refractivity contribution in [1.82, 2.24) is 15.5 Å². The molecule has 0 unspecified atom stereocenters. The third-order valence-corrected chi connectivity index (χ3v) is 3.34. The first-order valence-corrected chi connectivity index (χ1v) is 7.79. The number of aromatic nitrogens is 2. The number of anilines is 1. The van der Waals surface area contributed by atoms with E-state index in [4.69, 9.17) is 4.52 Å². The predicted octanol–water partition coefficient (Wildman–Crippen LogP) is 4.07. The van der Waals surface area contributed by atoms with Crippen molar-refractivity contribution in [2.75, 3.05) is 5.32 Å². The Hall–Kier alpha value is -3.22. The van der Waals surface area contributed by atoms with Crippen LogP contribution in [0.1, 0.15) is 13.8 Å². The fraction of sp³-hybridized carbons (Fsp3) is 0.167. The second-order valence-corrected chi connectivity index (χ2v) is 5.76. The summed E-state index contributed by atoms with van der Waals surface area (Å²) in [6.07, 6.45) is 0. The van der Waals surface area contributed by atoms with Crippen LogP contribution in [0.4, 0.5) is 14.9 Å². The van der Waals surface area contributed by atoms with Crippen LogP contribution in [0.15, 0.2) is 53.1 Å². The van der Waals surface area contributed by atoms with Gasteiger partial charge in [-0.1, -0.05) is 5.16 Å². The van der Waals surface area contributed by atoms with E-state index in [9.17, 15) is 9.18 Å². The SMILES string of the molecule is CC(C)NC(=O)Nc1ccc(-c2noc(-c3ccc(F)cc3)n2)cc1. The first kappa shape index (κ1) is 16.6. The molecule has 1 heterocycles. The Morgan fingerprint density at radius 1 is 1.04 bits per heavy atom. The van der Waals surface area contributed by atoms with E-state index in [1.807, 2.05) is 13.8 Å². The summed E-state index contributed by atoms with van der Waals surface area (Å²) in [4.78, 5) is 16.0. The highest BCUT2D eigenvalue weighted by Gasteiger charge is 2.11. The fourth-order valence-corrected chi connectivity index (χ4v) is 2.18. The Labute approximate surface area is 144 Å². The van der Waals surface area contributed by atoms with Gasteiger partial charge in [0, 0.05) is 22.9 Å². The molecule has 0 aliphatic rings. The van der Waals surface area contributed by atoms with Crippen LogP contribution < -0.4 is 10.6 Å². The molecule has 0 spiro atoms. The van der Waals surface area contributed by atoms with Gasteiger partial charge in [0.15, 0.2) is 0 Å². The van der Waals surface area contributed by atoms with Gasteiger partial charge in [-0.2, -0.15) is 4.98 Å². The molecule has 25 heavy (non-hydrogen) atoms. The van der Waals surface area contributed by atoms with Crippen LogP contribution in [0.25, 0.3) is 22.8 Å². The van der Waals surface area contributed by atoms with Gasteiger partial charge >= 0.3 is 6.03 Å². The number of carbonyl (C=O) groups excluding carboxylic acids is 1. The topological polar surface area (TPSA) is 80.0 Å². The zero-order valence-corrected chi connectivity index (χ0v) is 13.8. The maximum absolute atomic E-state index is 13.0. The smallest absolute Gasteiger partial charge is 0.319 e. The molecule has 0 atom stereocenters. The van der Waals surface area contributed by atoms with Crippen molar-refractivity contribution in [3.63, 3.8) is 0 Å². The van der Waals surface area contributed by atoms with E-state index in [0.717, 1.165) is 5.56 Å². The van der Waals surface area contributed by atoms with Crippen molar-refractivity contribution < 1.29 is 13.7 Å². The first-order valence-electron chi connectivity index (χ1n) is 7.79. The molecule has 0 aliphatic carbocycles. The monoisotopic (exact) mass is 340 g/mol. The molecular formula is C18H17FN4O2. The minimum atomic E-state index is -0.326. The third kappa shape index (κ3) is 4.20. The van der Waals surface area contributed by atoms with E-state index in [0.29, 0.717) is 23.0 Å². The molecule has 0 saturated heterocycles. The van der Waals surface area contributed by atoms with Crippen molar-refractivity contribution in [3.8, 4) is 22.8 Å². The molecule has 7 heteroatoms. The molecule has 3 rings (SSSR count). The van der Waals surface area contributed by atoms with Gasteiger partial charge in [-0.15, -0.1) is 0 Å². The predicted molar refractivity (Wildman–Crippen MR) is 92.4 cm³/mol. The Morgan fingerprint density at radius 2 is 1.68 bits per heavy atom. The number of urea groups is 1. The second kappa shape index (κ2) is 7.12. The minimum Gasteiger partial charge on any atom is -0.336 e. The van der Waals surface area contributed by atoms with Gasteiger partial charge in [-0.25, -0.2) is 9.18 Å². The third-order valence-electron chi connectivity index (χ3n) is 3.34. The number of nitrogens with zero attached hydrogens (tertiary/aromatic N) is 2. The molecule has 1 aromatic heterocycles. The van der Waals surface area contributed by atoms with Crippen LogP contribution in [0.3, 0.4) is 0 Å². The van der Waals surface area contributed by atoms with E-state index in [2.05, 4.69) is 20.8 Å². The number of hydrogen-bond donors (Lipinski definition) is 2. The molecular weight excluding hydrogens is 323 g/mol. The van der Waals surface area contributed by atoms with Crippen LogP contribution in [0.2, 0.25) is 0 Å². The number of nitrogens with one attached hydrogen (secondary N) is 2. The quantitative estimate of drug-likeness (QED) is 0.750. The van der Waals surface area contributed by atoms with E-state index < -0.39 is 0 Å². The molecule has 0 aliphatic heterocycles. The summed E-state index contributed by atoms with van der Waals surface area (Å²) in [6.45, 7) is 3.77. The maximum Gasteiger partial charge on any atom is 0.319 e. The number of carbonyl (C=O) groups is 1. The Bertz CT molecular complexity index is 858. The van der Waals surface area contributed by atoms with Crippen molar-refractivity contribution >= 4 is 11.7 Å². The Balaban J connectivity index is 1.72. The molecule has 128 valence electrons. The zero-order valence-electron chi connectivity index (χ0n) is 13.8. The lowest BCUT2D eigenvalue weighted by molar-refractivity contribution is 0.250. The number of hydrogen-bond acceptors (Lipinski definition) is 4. The van der Waals surface area contributed by atoms with Gasteiger partial charge in [0.1, 0.15) is 5.82 Å². The molecule has 2 N–H and O–H groups in total. The van der Waals surface area contributed by atoms with Crippen LogP contribution in [-0.2, 0) is 0 Å². The molecule has 0 fully saturated rings. The maximum atomic E-state index is 13.0. The van der Waals surface area contributed by atoms with Crippen LogP contribution in [0, 0.1) is 5.82 Å². The van der Waals surface area contributed by atoms with E-state index in [1.165, 1.54) is 12.1 Å². The standard InChI is InChI=1S/C18H17FN4O2/c1-11(2)20-18(24)21-15-9-5-12(6-10-15)16-22-17(25-23-16)13-3-7-14(19)8-4-13/h3-11H,1-2H3,(H2,20,21,24). The van der Waals surface area contributed by atoms with Crippen LogP contribution in [0.5, 0.6) is 0 Å². The molecule has 0 bridgehead atoms. The highest BCUT2D eigenvalue weighted by atomic mass is 19.1. The van der Waals surface area contributed by atoms with E-state index in [-0.39, 0.29) is 17.9 Å². The van der Waals surface area contributed by atoms with Gasteiger partial charge in [0.25, 0.3) is 5.89 Å². The van der Waals surface area contributed by atoms with Gasteiger partial charge in [-0.05, 0) is 62.4 Å². The second-order valence-electron chi connectivity index (χ2n) is 5.76. The average molecular weight is 340 g/mol. The fourth-order valence-electron chi connectivity index (χ4n) is 2.18. The van der Waals surface area contributed by atoms with Crippen molar-refractivity contribution in [3.05, 3.63) is 54.3 Å². The molecule has 0 radical (unpaired) electrons. The number of halogens is 1. The van der Waals surface area contributed by atoms with Gasteiger partial charge in [0.05, 0.1) is 0 Å². The molecule has 2 amide bonds. The highest BCUT2D eigenvalue weighted by molar-refractivity contribution is 5.89. The van der Waals surface area contributed by atoms with Crippen molar-refractivity contribution in [1.29, 1.82) is 0 Å². The summed E-state index contributed by atoms with van der Waals surface area (Å²) in [6, 6.07) is 12.7. The lowest BCUT2D eigenvalue weighted by Crippen LogP contribution is -2.34. The minimum absolute atomic E-state index is 0.0588. The Morgan fingerprint density at radius 3 is 2.32 bits per heavy atom. The molecule has 0 saturated carbocycles. The van der Waals surface area contributed by atoms with E-state index >= 15 is 0 Å². The largest absolute Gasteiger partial charge is 0.336 e. The molecule has 2 aromatic carbocycles. The summed E-state index contributed by atoms with van der Waals surface area (Å²) >= 11 is 0. The number of rotatable bonds is 4. The van der Waals surface area contributed by atoms with E-state index in [1.54, 1.807) is 36.4 Å². The number of amides is 2.